The Morgan fingerprint density at radius 1 is 1.05 bits per heavy atom. The van der Waals surface area contributed by atoms with E-state index in [4.69, 9.17) is 23.8 Å². The summed E-state index contributed by atoms with van der Waals surface area (Å²) in [5.74, 6) is -0.514. The molecule has 0 unspecified atom stereocenters. The van der Waals surface area contributed by atoms with Gasteiger partial charge in [0.2, 0.25) is 0 Å². The second-order valence-electron chi connectivity index (χ2n) is 4.45. The van der Waals surface area contributed by atoms with Crippen LogP contribution in [0.2, 0.25) is 5.02 Å². The van der Waals surface area contributed by atoms with Crippen molar-refractivity contribution in [3.8, 4) is 0 Å². The molecule has 5 heteroatoms. The maximum atomic E-state index is 13.8. The van der Waals surface area contributed by atoms with Gasteiger partial charge in [0, 0.05) is 5.69 Å². The van der Waals surface area contributed by atoms with Gasteiger partial charge in [-0.25, -0.2) is 4.39 Å². The third-order valence-corrected chi connectivity index (χ3v) is 3.42. The van der Waals surface area contributed by atoms with Crippen LogP contribution < -0.4 is 10.6 Å². The van der Waals surface area contributed by atoms with Gasteiger partial charge in [-0.3, -0.25) is 0 Å². The molecule has 0 atom stereocenters. The van der Waals surface area contributed by atoms with E-state index in [9.17, 15) is 4.39 Å². The number of thiocarbonyl (C=S) groups is 1. The summed E-state index contributed by atoms with van der Waals surface area (Å²) in [5, 5.41) is 6.28. The molecule has 0 aromatic heterocycles. The summed E-state index contributed by atoms with van der Waals surface area (Å²) in [6.07, 6.45) is 0. The van der Waals surface area contributed by atoms with Gasteiger partial charge in [0.15, 0.2) is 10.9 Å². The average Bonchev–Trinajstić information content (AvgIpc) is 2.39. The first-order valence-corrected chi connectivity index (χ1v) is 6.86. The summed E-state index contributed by atoms with van der Waals surface area (Å²) in [6.45, 7) is 3.97. The van der Waals surface area contributed by atoms with Gasteiger partial charge in [0.05, 0.1) is 10.7 Å². The Morgan fingerprint density at radius 3 is 2.30 bits per heavy atom. The Balaban J connectivity index is 2.16. The van der Waals surface area contributed by atoms with E-state index in [1.165, 1.54) is 6.07 Å². The Kier molecular flexibility index (Phi) is 4.57. The fraction of sp³-hybridized carbons (Fsp3) is 0.133. The van der Waals surface area contributed by atoms with E-state index in [1.54, 1.807) is 12.1 Å². The zero-order chi connectivity index (χ0) is 14.7. The van der Waals surface area contributed by atoms with E-state index >= 15 is 0 Å². The van der Waals surface area contributed by atoms with Crippen LogP contribution in [0.1, 0.15) is 11.1 Å². The van der Waals surface area contributed by atoms with Gasteiger partial charge in [-0.05, 0) is 49.3 Å². The number of halogens is 2. The van der Waals surface area contributed by atoms with Crippen molar-refractivity contribution in [1.82, 2.24) is 0 Å². The van der Waals surface area contributed by atoms with E-state index in [0.717, 1.165) is 16.8 Å². The minimum atomic E-state index is -0.514. The maximum absolute atomic E-state index is 13.8. The van der Waals surface area contributed by atoms with Gasteiger partial charge >= 0.3 is 0 Å². The van der Waals surface area contributed by atoms with E-state index in [2.05, 4.69) is 10.6 Å². The molecule has 0 saturated carbocycles. The summed E-state index contributed by atoms with van der Waals surface area (Å²) in [4.78, 5) is 0. The van der Waals surface area contributed by atoms with Gasteiger partial charge in [-0.15, -0.1) is 0 Å². The monoisotopic (exact) mass is 308 g/mol. The number of para-hydroxylation sites is 1. The molecule has 0 amide bonds. The Labute approximate surface area is 128 Å². The second-order valence-corrected chi connectivity index (χ2v) is 5.26. The number of aryl methyl sites for hydroxylation is 2. The lowest BCUT2D eigenvalue weighted by Gasteiger charge is -2.15. The summed E-state index contributed by atoms with van der Waals surface area (Å²) < 4.78 is 13.8. The quantitative estimate of drug-likeness (QED) is 0.771. The van der Waals surface area contributed by atoms with Crippen LogP contribution in [0.5, 0.6) is 0 Å². The third kappa shape index (κ3) is 3.26. The summed E-state index contributed by atoms with van der Waals surface area (Å²) >= 11 is 10.9. The molecule has 0 aliphatic carbocycles. The molecule has 2 aromatic carbocycles. The van der Waals surface area contributed by atoms with Crippen LogP contribution in [0.25, 0.3) is 0 Å². The van der Waals surface area contributed by atoms with E-state index in [1.807, 2.05) is 32.0 Å². The van der Waals surface area contributed by atoms with Crippen molar-refractivity contribution < 1.29 is 4.39 Å². The second kappa shape index (κ2) is 6.20. The first-order chi connectivity index (χ1) is 9.49. The van der Waals surface area contributed by atoms with Gasteiger partial charge in [0.25, 0.3) is 0 Å². The third-order valence-electron chi connectivity index (χ3n) is 2.92. The minimum Gasteiger partial charge on any atom is -0.332 e. The lowest BCUT2D eigenvalue weighted by molar-refractivity contribution is 0.632. The van der Waals surface area contributed by atoms with Crippen molar-refractivity contribution in [3.63, 3.8) is 0 Å². The zero-order valence-electron chi connectivity index (χ0n) is 11.1. The average molecular weight is 309 g/mol. The first-order valence-electron chi connectivity index (χ1n) is 6.07. The highest BCUT2D eigenvalue weighted by Crippen LogP contribution is 2.23. The number of anilines is 2. The fourth-order valence-electron chi connectivity index (χ4n) is 1.88. The topological polar surface area (TPSA) is 24.1 Å². The highest BCUT2D eigenvalue weighted by Gasteiger charge is 2.09. The van der Waals surface area contributed by atoms with Crippen LogP contribution in [-0.4, -0.2) is 5.11 Å². The van der Waals surface area contributed by atoms with Gasteiger partial charge in [0.1, 0.15) is 0 Å². The Bertz CT molecular complexity index is 638. The van der Waals surface area contributed by atoms with Crippen molar-refractivity contribution >= 4 is 40.3 Å². The Hall–Kier alpha value is -1.65. The summed E-state index contributed by atoms with van der Waals surface area (Å²) in [6, 6.07) is 10.7. The number of nitrogens with one attached hydrogen (secondary N) is 2. The predicted octanol–water partition coefficient (Wildman–Crippen LogP) is 4.90. The zero-order valence-corrected chi connectivity index (χ0v) is 12.7. The number of hydrogen-bond acceptors (Lipinski definition) is 1. The number of hydrogen-bond donors (Lipinski definition) is 2. The van der Waals surface area contributed by atoms with Crippen LogP contribution in [0.3, 0.4) is 0 Å². The van der Waals surface area contributed by atoms with Crippen LogP contribution in [-0.2, 0) is 0 Å². The molecule has 0 heterocycles. The fourth-order valence-corrected chi connectivity index (χ4v) is 2.27. The molecule has 0 saturated heterocycles. The molecule has 20 heavy (non-hydrogen) atoms. The normalized spacial score (nSPS) is 10.2. The van der Waals surface area contributed by atoms with Crippen molar-refractivity contribution in [2.75, 3.05) is 10.6 Å². The smallest absolute Gasteiger partial charge is 0.175 e. The largest absolute Gasteiger partial charge is 0.332 e. The summed E-state index contributed by atoms with van der Waals surface area (Å²) in [7, 11) is 0. The highest BCUT2D eigenvalue weighted by atomic mass is 35.5. The lowest BCUT2D eigenvalue weighted by Crippen LogP contribution is -2.21. The van der Waals surface area contributed by atoms with Crippen molar-refractivity contribution in [2.24, 2.45) is 0 Å². The van der Waals surface area contributed by atoms with Crippen molar-refractivity contribution in [2.45, 2.75) is 13.8 Å². The molecular formula is C15H14ClFN2S. The van der Waals surface area contributed by atoms with Gasteiger partial charge in [-0.2, -0.15) is 0 Å². The van der Waals surface area contributed by atoms with Crippen LogP contribution >= 0.6 is 23.8 Å². The molecule has 0 fully saturated rings. The first kappa shape index (κ1) is 14.8. The van der Waals surface area contributed by atoms with Gasteiger partial charge < -0.3 is 10.6 Å². The standard InChI is InChI=1S/C15H14ClFN2S/c1-9-5-3-6-10(2)14(9)19-15(20)18-12-8-4-7-11(16)13(12)17/h3-8H,1-2H3,(H2,18,19,20). The molecule has 0 spiro atoms. The molecule has 2 N–H and O–H groups in total. The molecular weight excluding hydrogens is 295 g/mol. The molecule has 2 rings (SSSR count). The summed E-state index contributed by atoms with van der Waals surface area (Å²) in [5.41, 5.74) is 3.31. The molecule has 0 aliphatic heterocycles. The van der Waals surface area contributed by atoms with Gasteiger partial charge in [-0.1, -0.05) is 35.9 Å². The molecule has 0 bridgehead atoms. The van der Waals surface area contributed by atoms with E-state index in [0.29, 0.717) is 5.11 Å². The molecule has 104 valence electrons. The van der Waals surface area contributed by atoms with Crippen LogP contribution in [0.4, 0.5) is 15.8 Å². The number of rotatable bonds is 2. The molecule has 2 nitrogen and oxygen atoms in total. The Morgan fingerprint density at radius 2 is 1.65 bits per heavy atom. The minimum absolute atomic E-state index is 0.0601. The van der Waals surface area contributed by atoms with Crippen LogP contribution in [0.15, 0.2) is 36.4 Å². The lowest BCUT2D eigenvalue weighted by atomic mass is 10.1. The van der Waals surface area contributed by atoms with E-state index in [-0.39, 0.29) is 10.7 Å². The maximum Gasteiger partial charge on any atom is 0.175 e. The molecule has 0 aliphatic rings. The highest BCUT2D eigenvalue weighted by molar-refractivity contribution is 7.80. The predicted molar refractivity (Wildman–Crippen MR) is 87.2 cm³/mol. The SMILES string of the molecule is Cc1cccc(C)c1NC(=S)Nc1cccc(Cl)c1F. The molecule has 0 radical (unpaired) electrons. The molecule has 2 aromatic rings. The van der Waals surface area contributed by atoms with Crippen molar-refractivity contribution in [1.29, 1.82) is 0 Å². The van der Waals surface area contributed by atoms with Crippen molar-refractivity contribution in [3.05, 3.63) is 58.4 Å². The van der Waals surface area contributed by atoms with Crippen LogP contribution in [0, 0.1) is 19.7 Å². The number of benzene rings is 2. The van der Waals surface area contributed by atoms with E-state index < -0.39 is 5.82 Å².